The molecule has 0 spiro atoms. The van der Waals surface area contributed by atoms with Crippen LogP contribution in [0.4, 0.5) is 5.69 Å². The number of halogens is 1. The van der Waals surface area contributed by atoms with Crippen LogP contribution < -0.4 is 5.73 Å². The van der Waals surface area contributed by atoms with Gasteiger partial charge in [-0.15, -0.1) is 5.10 Å². The minimum atomic E-state index is 0.707. The van der Waals surface area contributed by atoms with Crippen LogP contribution >= 0.6 is 15.9 Å². The van der Waals surface area contributed by atoms with E-state index in [9.17, 15) is 0 Å². The molecule has 1 heterocycles. The number of rotatable bonds is 6. The van der Waals surface area contributed by atoms with Crippen molar-refractivity contribution in [2.24, 2.45) is 0 Å². The number of nitrogens with two attached hydrogens (primary N) is 1. The monoisotopic (exact) mass is 323 g/mol. The second-order valence-corrected chi connectivity index (χ2v) is 5.38. The Morgan fingerprint density at radius 2 is 2.11 bits per heavy atom. The van der Waals surface area contributed by atoms with Crippen LogP contribution in [0.25, 0.3) is 11.4 Å². The largest absolute Gasteiger partial charge is 0.399 e. The van der Waals surface area contributed by atoms with Gasteiger partial charge in [-0.25, -0.2) is 4.68 Å². The Labute approximate surface area is 121 Å². The number of aryl methyl sites for hydroxylation is 1. The third kappa shape index (κ3) is 3.53. The summed E-state index contributed by atoms with van der Waals surface area (Å²) in [5.41, 5.74) is 7.46. The van der Waals surface area contributed by atoms with E-state index >= 15 is 0 Å². The van der Waals surface area contributed by atoms with Crippen molar-refractivity contribution in [3.63, 3.8) is 0 Å². The number of anilines is 1. The summed E-state index contributed by atoms with van der Waals surface area (Å²) in [4.78, 5) is 0. The fourth-order valence-corrected chi connectivity index (χ4v) is 2.37. The third-order valence-electron chi connectivity index (χ3n) is 2.99. The molecule has 19 heavy (non-hydrogen) atoms. The second kappa shape index (κ2) is 6.65. The molecule has 0 amide bonds. The van der Waals surface area contributed by atoms with Crippen molar-refractivity contribution in [1.29, 1.82) is 0 Å². The fourth-order valence-electron chi connectivity index (χ4n) is 1.95. The molecule has 0 radical (unpaired) electrons. The summed E-state index contributed by atoms with van der Waals surface area (Å²) in [6.45, 7) is 3.04. The van der Waals surface area contributed by atoms with Crippen molar-refractivity contribution in [3.8, 4) is 11.4 Å². The van der Waals surface area contributed by atoms with E-state index in [-0.39, 0.29) is 0 Å². The van der Waals surface area contributed by atoms with Crippen LogP contribution in [-0.2, 0) is 6.54 Å². The summed E-state index contributed by atoms with van der Waals surface area (Å²) in [6.07, 6.45) is 4.77. The standard InChI is InChI=1S/C13H18BrN5/c1-2-3-4-5-8-19-13(16-17-18-19)11-9-10(15)6-7-12(11)14/h6-7,9H,2-5,8,15H2,1H3. The fraction of sp³-hybridized carbons (Fsp3) is 0.462. The van der Waals surface area contributed by atoms with Crippen LogP contribution in [0, 0.1) is 0 Å². The van der Waals surface area contributed by atoms with Crippen LogP contribution in [0.3, 0.4) is 0 Å². The summed E-state index contributed by atoms with van der Waals surface area (Å²) in [6, 6.07) is 5.65. The van der Waals surface area contributed by atoms with E-state index in [0.717, 1.165) is 28.8 Å². The van der Waals surface area contributed by atoms with Crippen LogP contribution in [-0.4, -0.2) is 20.2 Å². The minimum absolute atomic E-state index is 0.707. The van der Waals surface area contributed by atoms with Gasteiger partial charge in [0.25, 0.3) is 0 Å². The molecule has 0 unspecified atom stereocenters. The number of benzene rings is 1. The molecule has 0 aliphatic rings. The van der Waals surface area contributed by atoms with E-state index in [1.807, 2.05) is 22.9 Å². The second-order valence-electron chi connectivity index (χ2n) is 4.53. The third-order valence-corrected chi connectivity index (χ3v) is 3.68. The van der Waals surface area contributed by atoms with Crippen molar-refractivity contribution < 1.29 is 0 Å². The molecule has 2 N–H and O–H groups in total. The van der Waals surface area contributed by atoms with Crippen LogP contribution in [0.15, 0.2) is 22.7 Å². The molecule has 0 atom stereocenters. The summed E-state index contributed by atoms with van der Waals surface area (Å²) < 4.78 is 2.79. The molecule has 6 heteroatoms. The highest BCUT2D eigenvalue weighted by Crippen LogP contribution is 2.28. The lowest BCUT2D eigenvalue weighted by Crippen LogP contribution is -2.03. The van der Waals surface area contributed by atoms with Crippen molar-refractivity contribution in [1.82, 2.24) is 20.2 Å². The van der Waals surface area contributed by atoms with Gasteiger partial charge in [-0.1, -0.05) is 42.1 Å². The van der Waals surface area contributed by atoms with E-state index in [0.29, 0.717) is 5.69 Å². The molecule has 0 saturated carbocycles. The van der Waals surface area contributed by atoms with Crippen molar-refractivity contribution in [2.75, 3.05) is 5.73 Å². The van der Waals surface area contributed by atoms with Gasteiger partial charge in [0.05, 0.1) is 0 Å². The average molecular weight is 324 g/mol. The molecule has 2 rings (SSSR count). The molecule has 0 aliphatic heterocycles. The molecular weight excluding hydrogens is 306 g/mol. The number of hydrogen-bond acceptors (Lipinski definition) is 4. The van der Waals surface area contributed by atoms with E-state index in [1.54, 1.807) is 0 Å². The van der Waals surface area contributed by atoms with E-state index in [4.69, 9.17) is 5.73 Å². The van der Waals surface area contributed by atoms with Crippen molar-refractivity contribution in [2.45, 2.75) is 39.2 Å². The molecule has 2 aromatic rings. The number of nitrogen functional groups attached to an aromatic ring is 1. The van der Waals surface area contributed by atoms with Crippen LogP contribution in [0.2, 0.25) is 0 Å². The van der Waals surface area contributed by atoms with E-state index in [2.05, 4.69) is 38.4 Å². The molecule has 0 aliphatic carbocycles. The molecular formula is C13H18BrN5. The number of tetrazole rings is 1. The molecule has 0 saturated heterocycles. The zero-order valence-corrected chi connectivity index (χ0v) is 12.6. The highest BCUT2D eigenvalue weighted by molar-refractivity contribution is 9.10. The Morgan fingerprint density at radius 3 is 2.89 bits per heavy atom. The molecule has 5 nitrogen and oxygen atoms in total. The van der Waals surface area contributed by atoms with Crippen molar-refractivity contribution >= 4 is 21.6 Å². The molecule has 0 bridgehead atoms. The highest BCUT2D eigenvalue weighted by Gasteiger charge is 2.12. The summed E-state index contributed by atoms with van der Waals surface area (Å²) >= 11 is 3.51. The zero-order chi connectivity index (χ0) is 13.7. The Hall–Kier alpha value is -1.43. The van der Waals surface area contributed by atoms with Gasteiger partial charge in [0.2, 0.25) is 0 Å². The van der Waals surface area contributed by atoms with Gasteiger partial charge >= 0.3 is 0 Å². The van der Waals surface area contributed by atoms with Crippen LogP contribution in [0.5, 0.6) is 0 Å². The van der Waals surface area contributed by atoms with Gasteiger partial charge in [0.15, 0.2) is 5.82 Å². The lowest BCUT2D eigenvalue weighted by molar-refractivity contribution is 0.531. The van der Waals surface area contributed by atoms with Gasteiger partial charge in [0.1, 0.15) is 0 Å². The lowest BCUT2D eigenvalue weighted by Gasteiger charge is -2.07. The molecule has 0 fully saturated rings. The summed E-state index contributed by atoms with van der Waals surface area (Å²) in [5, 5.41) is 11.9. The van der Waals surface area contributed by atoms with E-state index < -0.39 is 0 Å². The number of nitrogens with zero attached hydrogens (tertiary/aromatic N) is 4. The first kappa shape index (κ1) is 14.0. The number of unbranched alkanes of at least 4 members (excludes halogenated alkanes) is 3. The van der Waals surface area contributed by atoms with Crippen molar-refractivity contribution in [3.05, 3.63) is 22.7 Å². The number of hydrogen-bond donors (Lipinski definition) is 1. The Bertz CT molecular complexity index is 538. The summed E-state index contributed by atoms with van der Waals surface area (Å²) in [7, 11) is 0. The SMILES string of the molecule is CCCCCCn1nnnc1-c1cc(N)ccc1Br. The highest BCUT2D eigenvalue weighted by atomic mass is 79.9. The molecule has 102 valence electrons. The first-order chi connectivity index (χ1) is 9.22. The molecule has 1 aromatic heterocycles. The van der Waals surface area contributed by atoms with E-state index in [1.165, 1.54) is 19.3 Å². The van der Waals surface area contributed by atoms with Gasteiger partial charge in [-0.2, -0.15) is 0 Å². The van der Waals surface area contributed by atoms with Gasteiger partial charge in [-0.05, 0) is 35.0 Å². The maximum Gasteiger partial charge on any atom is 0.183 e. The zero-order valence-electron chi connectivity index (χ0n) is 11.0. The predicted molar refractivity (Wildman–Crippen MR) is 79.5 cm³/mol. The molecule has 1 aromatic carbocycles. The topological polar surface area (TPSA) is 69.6 Å². The first-order valence-electron chi connectivity index (χ1n) is 6.54. The maximum absolute atomic E-state index is 5.82. The van der Waals surface area contributed by atoms with Gasteiger partial charge in [-0.3, -0.25) is 0 Å². The normalized spacial score (nSPS) is 10.8. The average Bonchev–Trinajstić information content (AvgIpc) is 2.86. The Morgan fingerprint density at radius 1 is 1.26 bits per heavy atom. The smallest absolute Gasteiger partial charge is 0.183 e. The quantitative estimate of drug-likeness (QED) is 0.654. The van der Waals surface area contributed by atoms with Gasteiger partial charge < -0.3 is 5.73 Å². The maximum atomic E-state index is 5.82. The Balaban J connectivity index is 2.16. The number of aromatic nitrogens is 4. The van der Waals surface area contributed by atoms with Gasteiger partial charge in [0, 0.05) is 22.3 Å². The Kier molecular flexibility index (Phi) is 4.90. The van der Waals surface area contributed by atoms with Crippen LogP contribution in [0.1, 0.15) is 32.6 Å². The lowest BCUT2D eigenvalue weighted by atomic mass is 10.2. The minimum Gasteiger partial charge on any atom is -0.399 e. The predicted octanol–water partition coefficient (Wildman–Crippen LogP) is 3.27. The summed E-state index contributed by atoms with van der Waals surface area (Å²) in [5.74, 6) is 0.760. The first-order valence-corrected chi connectivity index (χ1v) is 7.33.